The summed E-state index contributed by atoms with van der Waals surface area (Å²) in [7, 11) is 0. The van der Waals surface area contributed by atoms with Gasteiger partial charge in [0.05, 0.1) is 23.8 Å². The van der Waals surface area contributed by atoms with Crippen LogP contribution in [0.25, 0.3) is 0 Å². The Morgan fingerprint density at radius 2 is 2.00 bits per heavy atom. The molecule has 4 nitrogen and oxygen atoms in total. The Hall–Kier alpha value is -1.29. The van der Waals surface area contributed by atoms with Crippen molar-refractivity contribution in [2.45, 2.75) is 19.8 Å². The Morgan fingerprint density at radius 3 is 2.68 bits per heavy atom. The third-order valence-electron chi connectivity index (χ3n) is 4.06. The van der Waals surface area contributed by atoms with Crippen LogP contribution in [0.1, 0.15) is 19.8 Å². The molecule has 1 aromatic rings. The van der Waals surface area contributed by atoms with Crippen LogP contribution in [0.2, 0.25) is 0 Å². The molecule has 3 rings (SSSR count). The number of piperazine rings is 1. The quantitative estimate of drug-likeness (QED) is 0.878. The summed E-state index contributed by atoms with van der Waals surface area (Å²) in [6.45, 7) is 9.03. The number of hydrogen-bond acceptors (Lipinski definition) is 4. The van der Waals surface area contributed by atoms with Crippen molar-refractivity contribution in [1.82, 2.24) is 9.88 Å². The topological polar surface area (TPSA) is 31.4 Å². The minimum absolute atomic E-state index is 0.945. The average molecular weight is 260 g/mol. The van der Waals surface area contributed by atoms with Crippen LogP contribution < -0.4 is 10.2 Å². The molecule has 104 valence electrons. The third kappa shape index (κ3) is 3.38. The summed E-state index contributed by atoms with van der Waals surface area (Å²) in [6.07, 6.45) is 6.79. The minimum Gasteiger partial charge on any atom is -0.384 e. The molecule has 1 saturated heterocycles. The van der Waals surface area contributed by atoms with E-state index < -0.39 is 0 Å². The lowest BCUT2D eigenvalue weighted by Gasteiger charge is -2.36. The summed E-state index contributed by atoms with van der Waals surface area (Å²) < 4.78 is 0. The second-order valence-corrected chi connectivity index (χ2v) is 5.69. The Kier molecular flexibility index (Phi) is 3.87. The summed E-state index contributed by atoms with van der Waals surface area (Å²) in [4.78, 5) is 9.41. The molecular formula is C15H24N4. The van der Waals surface area contributed by atoms with E-state index in [-0.39, 0.29) is 0 Å². The summed E-state index contributed by atoms with van der Waals surface area (Å²) in [5.41, 5.74) is 2.38. The van der Waals surface area contributed by atoms with Gasteiger partial charge in [0, 0.05) is 39.3 Å². The highest BCUT2D eigenvalue weighted by atomic mass is 15.3. The Morgan fingerprint density at radius 1 is 1.21 bits per heavy atom. The van der Waals surface area contributed by atoms with Gasteiger partial charge < -0.3 is 10.2 Å². The van der Waals surface area contributed by atoms with Crippen LogP contribution in [0.15, 0.2) is 18.5 Å². The maximum atomic E-state index is 4.34. The van der Waals surface area contributed by atoms with E-state index in [9.17, 15) is 0 Å². The van der Waals surface area contributed by atoms with Crippen molar-refractivity contribution in [1.29, 1.82) is 0 Å². The van der Waals surface area contributed by atoms with Crippen LogP contribution >= 0.6 is 0 Å². The summed E-state index contributed by atoms with van der Waals surface area (Å²) in [6, 6.07) is 2.22. The fourth-order valence-electron chi connectivity index (χ4n) is 2.76. The zero-order valence-corrected chi connectivity index (χ0v) is 11.8. The minimum atomic E-state index is 0.945. The predicted octanol–water partition coefficient (Wildman–Crippen LogP) is 2.05. The van der Waals surface area contributed by atoms with E-state index in [0.29, 0.717) is 0 Å². The molecule has 1 saturated carbocycles. The zero-order valence-electron chi connectivity index (χ0n) is 11.8. The van der Waals surface area contributed by atoms with Gasteiger partial charge in [-0.25, -0.2) is 0 Å². The van der Waals surface area contributed by atoms with Crippen molar-refractivity contribution in [3.8, 4) is 0 Å². The number of hydrogen-bond donors (Lipinski definition) is 1. The molecule has 1 aliphatic heterocycles. The van der Waals surface area contributed by atoms with Gasteiger partial charge in [-0.15, -0.1) is 0 Å². The maximum absolute atomic E-state index is 4.34. The van der Waals surface area contributed by atoms with E-state index >= 15 is 0 Å². The molecule has 0 radical (unpaired) electrons. The van der Waals surface area contributed by atoms with Crippen LogP contribution in [-0.4, -0.2) is 49.2 Å². The highest BCUT2D eigenvalue weighted by Crippen LogP contribution is 2.30. The first-order valence-corrected chi connectivity index (χ1v) is 7.51. The van der Waals surface area contributed by atoms with Gasteiger partial charge in [0.2, 0.25) is 0 Å². The van der Waals surface area contributed by atoms with Gasteiger partial charge in [-0.05, 0) is 31.7 Å². The Bertz CT molecular complexity index is 408. The van der Waals surface area contributed by atoms with Gasteiger partial charge in [0.25, 0.3) is 0 Å². The third-order valence-corrected chi connectivity index (χ3v) is 4.06. The lowest BCUT2D eigenvalue weighted by molar-refractivity contribution is 0.248. The average Bonchev–Trinajstić information content (AvgIpc) is 3.24. The van der Waals surface area contributed by atoms with Crippen molar-refractivity contribution in [3.05, 3.63) is 18.5 Å². The highest BCUT2D eigenvalue weighted by molar-refractivity contribution is 5.55. The van der Waals surface area contributed by atoms with Crippen molar-refractivity contribution in [3.63, 3.8) is 0 Å². The fraction of sp³-hybridized carbons (Fsp3) is 0.667. The van der Waals surface area contributed by atoms with Crippen LogP contribution in [0.4, 0.5) is 11.4 Å². The van der Waals surface area contributed by atoms with E-state index in [1.807, 2.05) is 12.4 Å². The molecule has 1 aromatic heterocycles. The lowest BCUT2D eigenvalue weighted by atomic mass is 10.2. The summed E-state index contributed by atoms with van der Waals surface area (Å²) in [5.74, 6) is 1.00. The maximum Gasteiger partial charge on any atom is 0.0574 e. The summed E-state index contributed by atoms with van der Waals surface area (Å²) in [5, 5.41) is 3.33. The van der Waals surface area contributed by atoms with Crippen molar-refractivity contribution in [2.24, 2.45) is 5.92 Å². The number of pyridine rings is 1. The van der Waals surface area contributed by atoms with Crippen LogP contribution in [0.5, 0.6) is 0 Å². The lowest BCUT2D eigenvalue weighted by Crippen LogP contribution is -2.47. The standard InChI is InChI=1S/C15H24N4/c1-2-17-14-9-15(11-16-10-14)19-7-5-18(6-8-19)12-13-3-4-13/h9-11,13,17H,2-8,12H2,1H3. The van der Waals surface area contributed by atoms with E-state index in [4.69, 9.17) is 0 Å². The second kappa shape index (κ2) is 5.78. The Balaban J connectivity index is 1.56. The zero-order chi connectivity index (χ0) is 13.1. The van der Waals surface area contributed by atoms with Gasteiger partial charge in [-0.1, -0.05) is 0 Å². The molecule has 0 bridgehead atoms. The van der Waals surface area contributed by atoms with Crippen molar-refractivity contribution >= 4 is 11.4 Å². The first kappa shape index (κ1) is 12.7. The van der Waals surface area contributed by atoms with Gasteiger partial charge >= 0.3 is 0 Å². The van der Waals surface area contributed by atoms with Gasteiger partial charge in [0.1, 0.15) is 0 Å². The van der Waals surface area contributed by atoms with E-state index in [1.165, 1.54) is 38.2 Å². The van der Waals surface area contributed by atoms with Gasteiger partial charge in [-0.3, -0.25) is 9.88 Å². The van der Waals surface area contributed by atoms with Crippen molar-refractivity contribution in [2.75, 3.05) is 49.5 Å². The molecule has 2 aliphatic rings. The molecule has 0 spiro atoms. The first-order chi connectivity index (χ1) is 9.35. The largest absolute Gasteiger partial charge is 0.384 e. The molecule has 4 heteroatoms. The number of aromatic nitrogens is 1. The first-order valence-electron chi connectivity index (χ1n) is 7.51. The highest BCUT2D eigenvalue weighted by Gasteiger charge is 2.26. The SMILES string of the molecule is CCNc1cncc(N2CCN(CC3CC3)CC2)c1. The molecule has 1 N–H and O–H groups in total. The number of rotatable bonds is 5. The monoisotopic (exact) mass is 260 g/mol. The molecule has 0 atom stereocenters. The van der Waals surface area contributed by atoms with Crippen LogP contribution in [0.3, 0.4) is 0 Å². The van der Waals surface area contributed by atoms with Gasteiger partial charge in [-0.2, -0.15) is 0 Å². The molecule has 1 aliphatic carbocycles. The molecule has 0 unspecified atom stereocenters. The number of nitrogens with one attached hydrogen (secondary N) is 1. The second-order valence-electron chi connectivity index (χ2n) is 5.69. The fourth-order valence-corrected chi connectivity index (χ4v) is 2.76. The molecule has 0 aromatic carbocycles. The molecular weight excluding hydrogens is 236 g/mol. The smallest absolute Gasteiger partial charge is 0.0574 e. The van der Waals surface area contributed by atoms with Crippen LogP contribution in [0, 0.1) is 5.92 Å². The summed E-state index contributed by atoms with van der Waals surface area (Å²) >= 11 is 0. The molecule has 19 heavy (non-hydrogen) atoms. The van der Waals surface area contributed by atoms with E-state index in [1.54, 1.807) is 0 Å². The molecule has 0 amide bonds. The van der Waals surface area contributed by atoms with Crippen molar-refractivity contribution < 1.29 is 0 Å². The number of anilines is 2. The normalized spacial score (nSPS) is 20.6. The molecule has 2 heterocycles. The van der Waals surface area contributed by atoms with E-state index in [0.717, 1.165) is 31.2 Å². The van der Waals surface area contributed by atoms with Crippen LogP contribution in [-0.2, 0) is 0 Å². The number of nitrogens with zero attached hydrogens (tertiary/aromatic N) is 3. The Labute approximate surface area is 115 Å². The van der Waals surface area contributed by atoms with E-state index in [2.05, 4.69) is 33.1 Å². The predicted molar refractivity (Wildman–Crippen MR) is 79.8 cm³/mol. The van der Waals surface area contributed by atoms with Gasteiger partial charge in [0.15, 0.2) is 0 Å². The molecule has 2 fully saturated rings.